The van der Waals surface area contributed by atoms with Crippen molar-refractivity contribution in [2.45, 2.75) is 78.6 Å². The molecular weight excluding hydrogens is 312 g/mol. The number of hydrogen-bond acceptors (Lipinski definition) is 3. The Labute approximate surface area is 155 Å². The Morgan fingerprint density at radius 3 is 1.64 bits per heavy atom. The van der Waals surface area contributed by atoms with Gasteiger partial charge in [0.05, 0.1) is 19.8 Å². The second-order valence-corrected chi connectivity index (χ2v) is 6.48. The molecule has 1 rings (SSSR count). The number of benzene rings is 1. The maximum atomic E-state index is 6.07. The first kappa shape index (κ1) is 21.7. The normalized spacial score (nSPS) is 10.7. The van der Waals surface area contributed by atoms with Crippen molar-refractivity contribution >= 4 is 0 Å². The van der Waals surface area contributed by atoms with Gasteiger partial charge in [0.1, 0.15) is 0 Å². The van der Waals surface area contributed by atoms with Crippen molar-refractivity contribution in [3.8, 4) is 17.2 Å². The number of hydrogen-bond donors (Lipinski definition) is 0. The lowest BCUT2D eigenvalue weighted by atomic mass is 10.1. The van der Waals surface area contributed by atoms with E-state index in [2.05, 4.69) is 39.8 Å². The first-order valence-electron chi connectivity index (χ1n) is 10.1. The van der Waals surface area contributed by atoms with Gasteiger partial charge in [0.25, 0.3) is 0 Å². The quantitative estimate of drug-likeness (QED) is 0.344. The standard InChI is InChI=1S/C22H37O3/c1-5-9-13-19-17-20(23-14-10-6-2)22(25-16-12-8-4)21(18-19)24-15-11-7-3/h17-18H,1,5-16H2,2-4H3. The Bertz CT molecular complexity index is 426. The number of unbranched alkanes of at least 4 members (excludes halogenated alkanes) is 4. The van der Waals surface area contributed by atoms with Crippen molar-refractivity contribution < 1.29 is 14.2 Å². The van der Waals surface area contributed by atoms with E-state index in [0.29, 0.717) is 19.8 Å². The van der Waals surface area contributed by atoms with Gasteiger partial charge < -0.3 is 14.2 Å². The van der Waals surface area contributed by atoms with Crippen LogP contribution >= 0.6 is 0 Å². The maximum absolute atomic E-state index is 6.07. The summed E-state index contributed by atoms with van der Waals surface area (Å²) in [6, 6.07) is 4.25. The summed E-state index contributed by atoms with van der Waals surface area (Å²) in [5.74, 6) is 2.44. The zero-order valence-electron chi connectivity index (χ0n) is 16.6. The van der Waals surface area contributed by atoms with Crippen LogP contribution in [-0.4, -0.2) is 19.8 Å². The molecule has 0 fully saturated rings. The minimum Gasteiger partial charge on any atom is -0.490 e. The van der Waals surface area contributed by atoms with E-state index in [1.165, 1.54) is 5.56 Å². The van der Waals surface area contributed by atoms with E-state index in [4.69, 9.17) is 14.2 Å². The van der Waals surface area contributed by atoms with Gasteiger partial charge in [-0.3, -0.25) is 0 Å². The summed E-state index contributed by atoms with van der Waals surface area (Å²) >= 11 is 0. The summed E-state index contributed by atoms with van der Waals surface area (Å²) in [5.41, 5.74) is 1.24. The van der Waals surface area contributed by atoms with E-state index < -0.39 is 0 Å². The van der Waals surface area contributed by atoms with Gasteiger partial charge >= 0.3 is 0 Å². The number of ether oxygens (including phenoxy) is 3. The highest BCUT2D eigenvalue weighted by Gasteiger charge is 2.15. The zero-order chi connectivity index (χ0) is 18.3. The minimum atomic E-state index is 0.697. The van der Waals surface area contributed by atoms with E-state index in [0.717, 1.165) is 75.0 Å². The lowest BCUT2D eigenvalue weighted by Crippen LogP contribution is -2.07. The summed E-state index contributed by atoms with van der Waals surface area (Å²) in [7, 11) is 0. The Hall–Kier alpha value is -1.38. The summed E-state index contributed by atoms with van der Waals surface area (Å²) in [6.45, 7) is 12.6. The van der Waals surface area contributed by atoms with Crippen molar-refractivity contribution in [3.63, 3.8) is 0 Å². The molecule has 3 nitrogen and oxygen atoms in total. The van der Waals surface area contributed by atoms with Gasteiger partial charge in [0.2, 0.25) is 5.75 Å². The molecule has 0 aliphatic heterocycles. The molecular formula is C22H37O3. The van der Waals surface area contributed by atoms with E-state index in [1.54, 1.807) is 0 Å². The van der Waals surface area contributed by atoms with Crippen LogP contribution in [0.15, 0.2) is 12.1 Å². The van der Waals surface area contributed by atoms with Crippen LogP contribution in [0.1, 0.15) is 77.7 Å². The van der Waals surface area contributed by atoms with Gasteiger partial charge in [-0.1, -0.05) is 53.4 Å². The molecule has 0 amide bonds. The third-order valence-corrected chi connectivity index (χ3v) is 4.05. The van der Waals surface area contributed by atoms with Crippen molar-refractivity contribution in [3.05, 3.63) is 24.6 Å². The molecule has 1 aromatic carbocycles. The van der Waals surface area contributed by atoms with Gasteiger partial charge in [-0.2, -0.15) is 0 Å². The molecule has 0 aromatic heterocycles. The van der Waals surface area contributed by atoms with Gasteiger partial charge in [-0.15, -0.1) is 0 Å². The monoisotopic (exact) mass is 349 g/mol. The lowest BCUT2D eigenvalue weighted by Gasteiger charge is -2.18. The third-order valence-electron chi connectivity index (χ3n) is 4.05. The first-order chi connectivity index (χ1) is 12.3. The number of rotatable bonds is 15. The predicted octanol–water partition coefficient (Wildman–Crippen LogP) is 6.38. The molecule has 0 heterocycles. The molecule has 25 heavy (non-hydrogen) atoms. The number of aryl methyl sites for hydroxylation is 1. The van der Waals surface area contributed by atoms with E-state index in [-0.39, 0.29) is 0 Å². The Kier molecular flexibility index (Phi) is 12.0. The SMILES string of the molecule is [CH2]CCCc1cc(OCCCC)c(OCCCC)c(OCCCC)c1. The summed E-state index contributed by atoms with van der Waals surface area (Å²) in [5, 5.41) is 0. The summed E-state index contributed by atoms with van der Waals surface area (Å²) in [6.07, 6.45) is 9.47. The van der Waals surface area contributed by atoms with Gasteiger partial charge in [-0.05, 0) is 49.8 Å². The summed E-state index contributed by atoms with van der Waals surface area (Å²) < 4.78 is 18.2. The molecule has 0 bridgehead atoms. The largest absolute Gasteiger partial charge is 0.490 e. The second kappa shape index (κ2) is 13.9. The van der Waals surface area contributed by atoms with E-state index >= 15 is 0 Å². The van der Waals surface area contributed by atoms with Crippen LogP contribution in [0.5, 0.6) is 17.2 Å². The minimum absolute atomic E-state index is 0.697. The highest BCUT2D eigenvalue weighted by atomic mass is 16.5. The van der Waals surface area contributed by atoms with Crippen LogP contribution < -0.4 is 14.2 Å². The molecule has 1 aromatic rings. The van der Waals surface area contributed by atoms with Crippen molar-refractivity contribution in [1.29, 1.82) is 0 Å². The van der Waals surface area contributed by atoms with Gasteiger partial charge in [0, 0.05) is 0 Å². The van der Waals surface area contributed by atoms with Gasteiger partial charge in [-0.25, -0.2) is 0 Å². The third kappa shape index (κ3) is 8.51. The topological polar surface area (TPSA) is 27.7 Å². The molecule has 0 spiro atoms. The van der Waals surface area contributed by atoms with Gasteiger partial charge in [0.15, 0.2) is 11.5 Å². The van der Waals surface area contributed by atoms with Crippen LogP contribution in [0.3, 0.4) is 0 Å². The smallest absolute Gasteiger partial charge is 0.203 e. The average molecular weight is 350 g/mol. The molecule has 3 heteroatoms. The molecule has 0 atom stereocenters. The highest BCUT2D eigenvalue weighted by molar-refractivity contribution is 5.54. The molecule has 0 aliphatic carbocycles. The molecule has 0 N–H and O–H groups in total. The average Bonchev–Trinajstić information content (AvgIpc) is 2.62. The van der Waals surface area contributed by atoms with Crippen LogP contribution in [-0.2, 0) is 6.42 Å². The summed E-state index contributed by atoms with van der Waals surface area (Å²) in [4.78, 5) is 0. The van der Waals surface area contributed by atoms with Crippen molar-refractivity contribution in [2.24, 2.45) is 0 Å². The fourth-order valence-electron chi connectivity index (χ4n) is 2.43. The first-order valence-corrected chi connectivity index (χ1v) is 10.1. The fourth-order valence-corrected chi connectivity index (χ4v) is 2.43. The molecule has 1 radical (unpaired) electrons. The lowest BCUT2D eigenvalue weighted by molar-refractivity contribution is 0.237. The zero-order valence-corrected chi connectivity index (χ0v) is 16.6. The molecule has 0 saturated heterocycles. The maximum Gasteiger partial charge on any atom is 0.203 e. The van der Waals surface area contributed by atoms with Crippen LogP contribution in [0, 0.1) is 6.92 Å². The van der Waals surface area contributed by atoms with Crippen LogP contribution in [0.25, 0.3) is 0 Å². The van der Waals surface area contributed by atoms with Crippen LogP contribution in [0.4, 0.5) is 0 Å². The van der Waals surface area contributed by atoms with Crippen molar-refractivity contribution in [2.75, 3.05) is 19.8 Å². The van der Waals surface area contributed by atoms with E-state index in [1.807, 2.05) is 0 Å². The Morgan fingerprint density at radius 1 is 0.720 bits per heavy atom. The molecule has 0 unspecified atom stereocenters. The highest BCUT2D eigenvalue weighted by Crippen LogP contribution is 2.40. The Balaban J connectivity index is 3.02. The molecule has 0 aliphatic rings. The van der Waals surface area contributed by atoms with E-state index in [9.17, 15) is 0 Å². The Morgan fingerprint density at radius 2 is 1.20 bits per heavy atom. The molecule has 0 saturated carbocycles. The second-order valence-electron chi connectivity index (χ2n) is 6.48. The molecule has 143 valence electrons. The van der Waals surface area contributed by atoms with Crippen molar-refractivity contribution in [1.82, 2.24) is 0 Å². The van der Waals surface area contributed by atoms with Crippen LogP contribution in [0.2, 0.25) is 0 Å². The predicted molar refractivity (Wildman–Crippen MR) is 106 cm³/mol. The fraction of sp³-hybridized carbons (Fsp3) is 0.682.